The Kier molecular flexibility index (Phi) is 4.90. The molecule has 0 spiro atoms. The molecular weight excluding hydrogens is 484 g/mol. The summed E-state index contributed by atoms with van der Waals surface area (Å²) in [5.74, 6) is 0. The van der Waals surface area contributed by atoms with Crippen molar-refractivity contribution in [1.82, 2.24) is 9.55 Å². The molecule has 0 saturated heterocycles. The first-order valence-electron chi connectivity index (χ1n) is 13.9. The zero-order valence-corrected chi connectivity index (χ0v) is 22.6. The van der Waals surface area contributed by atoms with Gasteiger partial charge in [-0.3, -0.25) is 4.98 Å². The smallest absolute Gasteiger partial charge is 0.0645 e. The molecule has 2 aromatic heterocycles. The summed E-state index contributed by atoms with van der Waals surface area (Å²) in [6.07, 6.45) is 3.76. The standard InChI is InChI=1S/C38H28N2/c1-38(2)34-11-5-3-9-30(34)31-19-17-27(22-35(31)38)25-13-15-26(16-14-25)28-18-20-33-32-10-4-6-12-36(32)40(37(33)23-28)29-8-7-21-39-24-29/h3-24H,1-2H3. The fraction of sp³-hybridized carbons (Fsp3) is 0.0789. The van der Waals surface area contributed by atoms with Gasteiger partial charge in [0.1, 0.15) is 0 Å². The molecule has 8 rings (SSSR count). The molecular formula is C38H28N2. The first kappa shape index (κ1) is 23.0. The first-order valence-corrected chi connectivity index (χ1v) is 13.9. The van der Waals surface area contributed by atoms with Crippen LogP contribution in [-0.4, -0.2) is 9.55 Å². The number of benzene rings is 5. The average molecular weight is 513 g/mol. The zero-order chi connectivity index (χ0) is 26.8. The minimum absolute atomic E-state index is 0.00399. The Morgan fingerprint density at radius 2 is 1.18 bits per heavy atom. The highest BCUT2D eigenvalue weighted by atomic mass is 15.0. The lowest BCUT2D eigenvalue weighted by Crippen LogP contribution is -2.14. The van der Waals surface area contributed by atoms with Crippen molar-refractivity contribution in [3.05, 3.63) is 145 Å². The quantitative estimate of drug-likeness (QED) is 0.230. The highest BCUT2D eigenvalue weighted by molar-refractivity contribution is 6.10. The lowest BCUT2D eigenvalue weighted by Gasteiger charge is -2.22. The summed E-state index contributed by atoms with van der Waals surface area (Å²) in [6.45, 7) is 4.68. The Labute approximate surface area is 234 Å². The van der Waals surface area contributed by atoms with Crippen molar-refractivity contribution in [2.75, 3.05) is 0 Å². The predicted molar refractivity (Wildman–Crippen MR) is 167 cm³/mol. The van der Waals surface area contributed by atoms with Gasteiger partial charge in [0, 0.05) is 22.4 Å². The largest absolute Gasteiger partial charge is 0.308 e. The van der Waals surface area contributed by atoms with E-state index in [9.17, 15) is 0 Å². The van der Waals surface area contributed by atoms with Crippen LogP contribution in [0.15, 0.2) is 134 Å². The van der Waals surface area contributed by atoms with E-state index in [0.29, 0.717) is 0 Å². The molecule has 5 aromatic carbocycles. The highest BCUT2D eigenvalue weighted by Gasteiger charge is 2.35. The molecule has 7 aromatic rings. The van der Waals surface area contributed by atoms with Gasteiger partial charge in [-0.25, -0.2) is 0 Å². The molecule has 2 heteroatoms. The molecule has 0 bridgehead atoms. The molecule has 0 N–H and O–H groups in total. The van der Waals surface area contributed by atoms with Crippen molar-refractivity contribution in [1.29, 1.82) is 0 Å². The van der Waals surface area contributed by atoms with Gasteiger partial charge in [0.15, 0.2) is 0 Å². The molecule has 0 fully saturated rings. The number of rotatable bonds is 3. The van der Waals surface area contributed by atoms with Crippen LogP contribution in [0.3, 0.4) is 0 Å². The van der Waals surface area contributed by atoms with Crippen molar-refractivity contribution in [3.8, 4) is 39.1 Å². The summed E-state index contributed by atoms with van der Waals surface area (Å²) in [4.78, 5) is 4.39. The van der Waals surface area contributed by atoms with Gasteiger partial charge in [-0.05, 0) is 74.8 Å². The molecule has 1 aliphatic rings. The number of fused-ring (bicyclic) bond motifs is 6. The van der Waals surface area contributed by atoms with Crippen molar-refractivity contribution in [3.63, 3.8) is 0 Å². The Hall–Kier alpha value is -4.95. The van der Waals surface area contributed by atoms with Crippen LogP contribution in [0.25, 0.3) is 60.9 Å². The normalized spacial score (nSPS) is 13.4. The maximum Gasteiger partial charge on any atom is 0.0645 e. The zero-order valence-electron chi connectivity index (χ0n) is 22.6. The summed E-state index contributed by atoms with van der Waals surface area (Å²) >= 11 is 0. The maximum atomic E-state index is 4.39. The molecule has 0 aliphatic heterocycles. The molecule has 2 heterocycles. The molecule has 0 saturated carbocycles. The number of aromatic nitrogens is 2. The van der Waals surface area contributed by atoms with Crippen LogP contribution < -0.4 is 0 Å². The van der Waals surface area contributed by atoms with Crippen LogP contribution in [0.4, 0.5) is 0 Å². The van der Waals surface area contributed by atoms with E-state index >= 15 is 0 Å². The third kappa shape index (κ3) is 3.32. The molecule has 0 amide bonds. The van der Waals surface area contributed by atoms with E-state index in [4.69, 9.17) is 0 Å². The first-order chi connectivity index (χ1) is 19.6. The third-order valence-corrected chi connectivity index (χ3v) is 8.71. The number of hydrogen-bond donors (Lipinski definition) is 0. The Bertz CT molecular complexity index is 2060. The van der Waals surface area contributed by atoms with E-state index in [2.05, 4.69) is 139 Å². The van der Waals surface area contributed by atoms with Gasteiger partial charge in [0.05, 0.1) is 22.9 Å². The van der Waals surface area contributed by atoms with Crippen LogP contribution in [0.1, 0.15) is 25.0 Å². The summed E-state index contributed by atoms with van der Waals surface area (Å²) in [5, 5.41) is 2.51. The van der Waals surface area contributed by atoms with E-state index in [1.165, 1.54) is 66.3 Å². The van der Waals surface area contributed by atoms with Crippen LogP contribution in [0.2, 0.25) is 0 Å². The van der Waals surface area contributed by atoms with Crippen molar-refractivity contribution in [2.45, 2.75) is 19.3 Å². The second kappa shape index (κ2) is 8.53. The second-order valence-electron chi connectivity index (χ2n) is 11.3. The number of nitrogens with zero attached hydrogens (tertiary/aromatic N) is 2. The monoisotopic (exact) mass is 512 g/mol. The van der Waals surface area contributed by atoms with Crippen molar-refractivity contribution >= 4 is 21.8 Å². The maximum absolute atomic E-state index is 4.39. The number of para-hydroxylation sites is 1. The van der Waals surface area contributed by atoms with Gasteiger partial charge in [-0.15, -0.1) is 0 Å². The Balaban J connectivity index is 1.20. The molecule has 0 unspecified atom stereocenters. The third-order valence-electron chi connectivity index (χ3n) is 8.71. The van der Waals surface area contributed by atoms with Gasteiger partial charge in [0.25, 0.3) is 0 Å². The van der Waals surface area contributed by atoms with E-state index < -0.39 is 0 Å². The molecule has 40 heavy (non-hydrogen) atoms. The summed E-state index contributed by atoms with van der Waals surface area (Å²) in [7, 11) is 0. The van der Waals surface area contributed by atoms with E-state index in [1.54, 1.807) is 0 Å². The molecule has 2 nitrogen and oxygen atoms in total. The number of pyridine rings is 1. The summed E-state index contributed by atoms with van der Waals surface area (Å²) in [5.41, 5.74) is 13.9. The Morgan fingerprint density at radius 1 is 0.525 bits per heavy atom. The van der Waals surface area contributed by atoms with Crippen LogP contribution >= 0.6 is 0 Å². The van der Waals surface area contributed by atoms with Crippen LogP contribution in [0, 0.1) is 0 Å². The van der Waals surface area contributed by atoms with Crippen molar-refractivity contribution in [2.24, 2.45) is 0 Å². The fourth-order valence-corrected chi connectivity index (χ4v) is 6.65. The summed E-state index contributed by atoms with van der Waals surface area (Å²) in [6, 6.07) is 44.3. The molecule has 190 valence electrons. The van der Waals surface area contributed by atoms with Crippen LogP contribution in [-0.2, 0) is 5.41 Å². The van der Waals surface area contributed by atoms with E-state index in [-0.39, 0.29) is 5.41 Å². The highest BCUT2D eigenvalue weighted by Crippen LogP contribution is 2.49. The fourth-order valence-electron chi connectivity index (χ4n) is 6.65. The van der Waals surface area contributed by atoms with Crippen molar-refractivity contribution < 1.29 is 0 Å². The molecule has 0 radical (unpaired) electrons. The minimum Gasteiger partial charge on any atom is -0.308 e. The van der Waals surface area contributed by atoms with E-state index in [1.807, 2.05) is 18.5 Å². The SMILES string of the molecule is CC1(C)c2ccccc2-c2ccc(-c3ccc(-c4ccc5c6ccccc6n(-c6cccnc6)c5c4)cc3)cc21. The van der Waals surface area contributed by atoms with Gasteiger partial charge >= 0.3 is 0 Å². The lowest BCUT2D eigenvalue weighted by molar-refractivity contribution is 0.660. The predicted octanol–water partition coefficient (Wildman–Crippen LogP) is 9.82. The van der Waals surface area contributed by atoms with Gasteiger partial charge in [0.2, 0.25) is 0 Å². The minimum atomic E-state index is 0.00399. The van der Waals surface area contributed by atoms with Gasteiger partial charge in [-0.1, -0.05) is 105 Å². The molecule has 0 atom stereocenters. The Morgan fingerprint density at radius 3 is 1.98 bits per heavy atom. The average Bonchev–Trinajstić information content (AvgIpc) is 3.46. The summed E-state index contributed by atoms with van der Waals surface area (Å²) < 4.78 is 2.32. The van der Waals surface area contributed by atoms with Gasteiger partial charge in [-0.2, -0.15) is 0 Å². The van der Waals surface area contributed by atoms with Crippen LogP contribution in [0.5, 0.6) is 0 Å². The van der Waals surface area contributed by atoms with E-state index in [0.717, 1.165) is 5.69 Å². The van der Waals surface area contributed by atoms with Gasteiger partial charge < -0.3 is 4.57 Å². The number of hydrogen-bond acceptors (Lipinski definition) is 1. The molecule has 1 aliphatic carbocycles. The lowest BCUT2D eigenvalue weighted by atomic mass is 9.81. The topological polar surface area (TPSA) is 17.8 Å². The second-order valence-corrected chi connectivity index (χ2v) is 11.3.